The zero-order chi connectivity index (χ0) is 16.9. The summed E-state index contributed by atoms with van der Waals surface area (Å²) in [6.07, 6.45) is 3.79. The fourth-order valence-corrected chi connectivity index (χ4v) is 2.99. The van der Waals surface area contributed by atoms with Crippen molar-refractivity contribution in [1.29, 1.82) is 0 Å². The van der Waals surface area contributed by atoms with Crippen molar-refractivity contribution in [1.82, 2.24) is 10.2 Å². The molecule has 0 unspecified atom stereocenters. The summed E-state index contributed by atoms with van der Waals surface area (Å²) in [4.78, 5) is 15.0. The van der Waals surface area contributed by atoms with Crippen molar-refractivity contribution in [2.45, 2.75) is 38.6 Å². The lowest BCUT2D eigenvalue weighted by Gasteiger charge is -2.41. The van der Waals surface area contributed by atoms with Gasteiger partial charge in [0.2, 0.25) is 0 Å². The van der Waals surface area contributed by atoms with Gasteiger partial charge in [-0.3, -0.25) is 9.69 Å². The minimum Gasteiger partial charge on any atom is -0.497 e. The van der Waals surface area contributed by atoms with Crippen LogP contribution in [0, 0.1) is 0 Å². The molecule has 23 heavy (non-hydrogen) atoms. The van der Waals surface area contributed by atoms with Gasteiger partial charge in [0.25, 0.3) is 5.91 Å². The molecule has 1 aromatic rings. The van der Waals surface area contributed by atoms with Crippen molar-refractivity contribution in [3.63, 3.8) is 0 Å². The van der Waals surface area contributed by atoms with Gasteiger partial charge >= 0.3 is 0 Å². The predicted octanol–water partition coefficient (Wildman–Crippen LogP) is 2.70. The second-order valence-corrected chi connectivity index (χ2v) is 6.61. The monoisotopic (exact) mass is 320 g/mol. The van der Waals surface area contributed by atoms with E-state index in [1.165, 1.54) is 19.3 Å². The lowest BCUT2D eigenvalue weighted by molar-refractivity contribution is 0.0795. The highest BCUT2D eigenvalue weighted by molar-refractivity contribution is 5.97. The first-order valence-electron chi connectivity index (χ1n) is 8.23. The predicted molar refractivity (Wildman–Crippen MR) is 91.4 cm³/mol. The van der Waals surface area contributed by atoms with Gasteiger partial charge in [-0.15, -0.1) is 0 Å². The van der Waals surface area contributed by atoms with Crippen molar-refractivity contribution in [2.24, 2.45) is 0 Å². The van der Waals surface area contributed by atoms with Crippen LogP contribution in [0.3, 0.4) is 0 Å². The maximum absolute atomic E-state index is 12.5. The number of hydrogen-bond donors (Lipinski definition) is 1. The first kappa shape index (κ1) is 17.6. The number of likely N-dealkylation sites (tertiary alicyclic amines) is 1. The Morgan fingerprint density at radius 3 is 2.48 bits per heavy atom. The summed E-state index contributed by atoms with van der Waals surface area (Å²) in [5.74, 6) is 1.08. The summed E-state index contributed by atoms with van der Waals surface area (Å²) in [5.41, 5.74) is 0.484. The van der Waals surface area contributed by atoms with E-state index in [-0.39, 0.29) is 11.4 Å². The largest absolute Gasteiger partial charge is 0.497 e. The molecule has 1 heterocycles. The smallest absolute Gasteiger partial charge is 0.255 e. The minimum absolute atomic E-state index is 0.0458. The summed E-state index contributed by atoms with van der Waals surface area (Å²) in [5, 5.41) is 3.05. The highest BCUT2D eigenvalue weighted by Crippen LogP contribution is 2.25. The molecule has 0 spiro atoms. The second kappa shape index (κ2) is 7.68. The van der Waals surface area contributed by atoms with Crippen molar-refractivity contribution >= 4 is 5.91 Å². The third kappa shape index (κ3) is 4.38. The normalized spacial score (nSPS) is 16.0. The maximum atomic E-state index is 12.5. The van der Waals surface area contributed by atoms with Gasteiger partial charge in [0, 0.05) is 18.2 Å². The summed E-state index contributed by atoms with van der Waals surface area (Å²) < 4.78 is 10.5. The number of hydrogen-bond acceptors (Lipinski definition) is 4. The van der Waals surface area contributed by atoms with Crippen LogP contribution >= 0.6 is 0 Å². The first-order valence-corrected chi connectivity index (χ1v) is 8.23. The van der Waals surface area contributed by atoms with Crippen LogP contribution in [0.2, 0.25) is 0 Å². The summed E-state index contributed by atoms with van der Waals surface area (Å²) in [6.45, 7) is 7.19. The number of piperidine rings is 1. The van der Waals surface area contributed by atoms with Gasteiger partial charge in [-0.25, -0.2) is 0 Å². The van der Waals surface area contributed by atoms with Crippen molar-refractivity contribution in [3.05, 3.63) is 23.8 Å². The molecule has 1 saturated heterocycles. The van der Waals surface area contributed by atoms with Crippen molar-refractivity contribution in [3.8, 4) is 11.5 Å². The fourth-order valence-electron chi connectivity index (χ4n) is 2.99. The Kier molecular flexibility index (Phi) is 5.88. The van der Waals surface area contributed by atoms with Gasteiger partial charge in [0.15, 0.2) is 0 Å². The molecule has 5 nitrogen and oxygen atoms in total. The first-order chi connectivity index (χ1) is 11.0. The van der Waals surface area contributed by atoms with E-state index in [1.807, 2.05) is 0 Å². The highest BCUT2D eigenvalue weighted by Gasteiger charge is 2.28. The molecule has 0 saturated carbocycles. The van der Waals surface area contributed by atoms with E-state index in [4.69, 9.17) is 9.47 Å². The molecule has 128 valence electrons. The average molecular weight is 320 g/mol. The molecule has 1 fully saturated rings. The Balaban J connectivity index is 2.01. The van der Waals surface area contributed by atoms with Crippen LogP contribution in [0.5, 0.6) is 11.5 Å². The average Bonchev–Trinajstić information content (AvgIpc) is 2.59. The van der Waals surface area contributed by atoms with Crippen LogP contribution in [0.1, 0.15) is 43.5 Å². The third-order valence-corrected chi connectivity index (χ3v) is 4.55. The zero-order valence-electron chi connectivity index (χ0n) is 14.6. The number of nitrogens with zero attached hydrogens (tertiary/aromatic N) is 1. The Bertz CT molecular complexity index is 537. The zero-order valence-corrected chi connectivity index (χ0v) is 14.6. The van der Waals surface area contributed by atoms with Crippen LogP contribution in [0.25, 0.3) is 0 Å². The number of benzene rings is 1. The molecule has 1 aromatic carbocycles. The second-order valence-electron chi connectivity index (χ2n) is 6.61. The molecule has 1 amide bonds. The van der Waals surface area contributed by atoms with E-state index >= 15 is 0 Å². The Morgan fingerprint density at radius 2 is 1.87 bits per heavy atom. The quantitative estimate of drug-likeness (QED) is 0.875. The fraction of sp³-hybridized carbons (Fsp3) is 0.611. The van der Waals surface area contributed by atoms with E-state index in [2.05, 4.69) is 24.1 Å². The number of nitrogens with one attached hydrogen (secondary N) is 1. The lowest BCUT2D eigenvalue weighted by atomic mass is 9.98. The number of rotatable bonds is 6. The van der Waals surface area contributed by atoms with Crippen LogP contribution in [0.15, 0.2) is 18.2 Å². The topological polar surface area (TPSA) is 50.8 Å². The molecule has 1 N–H and O–H groups in total. The molecular formula is C18H28N2O3. The molecule has 0 bridgehead atoms. The van der Waals surface area contributed by atoms with E-state index < -0.39 is 0 Å². The molecular weight excluding hydrogens is 292 g/mol. The van der Waals surface area contributed by atoms with Gasteiger partial charge in [-0.1, -0.05) is 6.42 Å². The van der Waals surface area contributed by atoms with E-state index in [1.54, 1.807) is 32.4 Å². The molecule has 0 atom stereocenters. The molecule has 2 rings (SSSR count). The van der Waals surface area contributed by atoms with Gasteiger partial charge in [-0.05, 0) is 51.9 Å². The summed E-state index contributed by atoms with van der Waals surface area (Å²) >= 11 is 0. The van der Waals surface area contributed by atoms with E-state index in [9.17, 15) is 4.79 Å². The van der Waals surface area contributed by atoms with E-state index in [0.717, 1.165) is 13.1 Å². The van der Waals surface area contributed by atoms with Crippen LogP contribution in [-0.4, -0.2) is 50.2 Å². The molecule has 0 aliphatic carbocycles. The van der Waals surface area contributed by atoms with Gasteiger partial charge < -0.3 is 14.8 Å². The Labute approximate surface area is 139 Å². The standard InChI is InChI=1S/C18H28N2O3/c1-18(2,20-10-6-5-7-11-20)13-19-17(21)15-9-8-14(22-3)12-16(15)23-4/h8-9,12H,5-7,10-11,13H2,1-4H3,(H,19,21). The SMILES string of the molecule is COc1ccc(C(=O)NCC(C)(C)N2CCCCC2)c(OC)c1. The maximum Gasteiger partial charge on any atom is 0.255 e. The lowest BCUT2D eigenvalue weighted by Crippen LogP contribution is -2.53. The van der Waals surface area contributed by atoms with Crippen molar-refractivity contribution < 1.29 is 14.3 Å². The van der Waals surface area contributed by atoms with Gasteiger partial charge in [0.1, 0.15) is 11.5 Å². The third-order valence-electron chi connectivity index (χ3n) is 4.55. The number of carbonyl (C=O) groups is 1. The van der Waals surface area contributed by atoms with Crippen molar-refractivity contribution in [2.75, 3.05) is 33.9 Å². The number of amides is 1. The number of carbonyl (C=O) groups excluding carboxylic acids is 1. The highest BCUT2D eigenvalue weighted by atomic mass is 16.5. The van der Waals surface area contributed by atoms with Crippen LogP contribution < -0.4 is 14.8 Å². The van der Waals surface area contributed by atoms with E-state index in [0.29, 0.717) is 23.6 Å². The Hall–Kier alpha value is -1.75. The molecule has 0 radical (unpaired) electrons. The van der Waals surface area contributed by atoms with Gasteiger partial charge in [0.05, 0.1) is 19.8 Å². The molecule has 1 aliphatic rings. The summed E-state index contributed by atoms with van der Waals surface area (Å²) in [7, 11) is 3.15. The number of ether oxygens (including phenoxy) is 2. The molecule has 0 aromatic heterocycles. The molecule has 5 heteroatoms. The minimum atomic E-state index is -0.116. The van der Waals surface area contributed by atoms with Crippen LogP contribution in [-0.2, 0) is 0 Å². The summed E-state index contributed by atoms with van der Waals surface area (Å²) in [6, 6.07) is 5.23. The van der Waals surface area contributed by atoms with Gasteiger partial charge in [-0.2, -0.15) is 0 Å². The molecule has 1 aliphatic heterocycles. The number of methoxy groups -OCH3 is 2. The Morgan fingerprint density at radius 1 is 1.17 bits per heavy atom. The van der Waals surface area contributed by atoms with Crippen LogP contribution in [0.4, 0.5) is 0 Å².